The fraction of sp³-hybridized carbons (Fsp3) is 0.444. The van der Waals surface area contributed by atoms with Crippen LogP contribution in [-0.4, -0.2) is 25.2 Å². The molecule has 0 aromatic carbocycles. The van der Waals surface area contributed by atoms with Gasteiger partial charge in [-0.2, -0.15) is 0 Å². The maximum Gasteiger partial charge on any atom is 0.0589 e. The van der Waals surface area contributed by atoms with Gasteiger partial charge in [-0.15, -0.1) is 0 Å². The summed E-state index contributed by atoms with van der Waals surface area (Å²) in [5.74, 6) is 0. The molecule has 0 unspecified atom stereocenters. The maximum absolute atomic E-state index is 5.69. The van der Waals surface area contributed by atoms with Crippen LogP contribution in [0.3, 0.4) is 0 Å². The van der Waals surface area contributed by atoms with Crippen molar-refractivity contribution in [3.8, 4) is 0 Å². The Kier molecular flexibility index (Phi) is 4.75. The first kappa shape index (κ1) is 10.4. The standard InChI is InChI=1S/C9H13ClN2O/c1-13-5-4-11-7-9-3-2-8(10)6-12-9/h2-3,6,11H,4-5,7H2,1H3. The molecule has 72 valence electrons. The van der Waals surface area contributed by atoms with Crippen molar-refractivity contribution >= 4 is 11.6 Å². The Balaban J connectivity index is 2.25. The second-order valence-electron chi connectivity index (χ2n) is 2.64. The summed E-state index contributed by atoms with van der Waals surface area (Å²) >= 11 is 5.69. The third-order valence-electron chi connectivity index (χ3n) is 1.58. The summed E-state index contributed by atoms with van der Waals surface area (Å²) in [6.07, 6.45) is 1.65. The van der Waals surface area contributed by atoms with E-state index < -0.39 is 0 Å². The van der Waals surface area contributed by atoms with E-state index in [1.165, 1.54) is 0 Å². The first-order chi connectivity index (χ1) is 6.33. The van der Waals surface area contributed by atoms with Crippen molar-refractivity contribution in [2.45, 2.75) is 6.54 Å². The van der Waals surface area contributed by atoms with E-state index in [0.29, 0.717) is 11.6 Å². The van der Waals surface area contributed by atoms with Crippen molar-refractivity contribution in [1.82, 2.24) is 10.3 Å². The molecule has 4 heteroatoms. The van der Waals surface area contributed by atoms with Crippen LogP contribution in [0.2, 0.25) is 5.02 Å². The van der Waals surface area contributed by atoms with Gasteiger partial charge in [-0.3, -0.25) is 4.98 Å². The summed E-state index contributed by atoms with van der Waals surface area (Å²) in [5.41, 5.74) is 0.987. The summed E-state index contributed by atoms with van der Waals surface area (Å²) in [7, 11) is 1.68. The molecule has 0 aliphatic rings. The lowest BCUT2D eigenvalue weighted by Gasteiger charge is -2.02. The molecule has 1 aromatic heterocycles. The van der Waals surface area contributed by atoms with Crippen LogP contribution in [0.15, 0.2) is 18.3 Å². The van der Waals surface area contributed by atoms with Crippen molar-refractivity contribution < 1.29 is 4.74 Å². The maximum atomic E-state index is 5.69. The van der Waals surface area contributed by atoms with E-state index >= 15 is 0 Å². The van der Waals surface area contributed by atoms with E-state index in [9.17, 15) is 0 Å². The predicted molar refractivity (Wildman–Crippen MR) is 52.8 cm³/mol. The molecule has 1 heterocycles. The average Bonchev–Trinajstić information content (AvgIpc) is 2.15. The van der Waals surface area contributed by atoms with Crippen LogP contribution >= 0.6 is 11.6 Å². The van der Waals surface area contributed by atoms with Crippen molar-refractivity contribution in [3.05, 3.63) is 29.0 Å². The fourth-order valence-electron chi connectivity index (χ4n) is 0.902. The lowest BCUT2D eigenvalue weighted by Crippen LogP contribution is -2.19. The van der Waals surface area contributed by atoms with Gasteiger partial charge in [0, 0.05) is 26.4 Å². The van der Waals surface area contributed by atoms with Gasteiger partial charge in [-0.1, -0.05) is 11.6 Å². The SMILES string of the molecule is COCCNCc1ccc(Cl)cn1. The Morgan fingerprint density at radius 2 is 2.38 bits per heavy atom. The van der Waals surface area contributed by atoms with Crippen LogP contribution in [0.1, 0.15) is 5.69 Å². The Hall–Kier alpha value is -0.640. The number of hydrogen-bond donors (Lipinski definition) is 1. The molecule has 0 aliphatic heterocycles. The van der Waals surface area contributed by atoms with Gasteiger partial charge in [0.1, 0.15) is 0 Å². The van der Waals surface area contributed by atoms with Crippen LogP contribution in [0, 0.1) is 0 Å². The molecule has 1 N–H and O–H groups in total. The van der Waals surface area contributed by atoms with Gasteiger partial charge in [0.15, 0.2) is 0 Å². The lowest BCUT2D eigenvalue weighted by molar-refractivity contribution is 0.199. The van der Waals surface area contributed by atoms with Gasteiger partial charge < -0.3 is 10.1 Å². The summed E-state index contributed by atoms with van der Waals surface area (Å²) in [6, 6.07) is 3.74. The van der Waals surface area contributed by atoms with Crippen molar-refractivity contribution in [3.63, 3.8) is 0 Å². The Morgan fingerprint density at radius 3 is 3.00 bits per heavy atom. The molecule has 1 aromatic rings. The molecular weight excluding hydrogens is 188 g/mol. The number of hydrogen-bond acceptors (Lipinski definition) is 3. The van der Waals surface area contributed by atoms with Crippen LogP contribution < -0.4 is 5.32 Å². The van der Waals surface area contributed by atoms with E-state index in [0.717, 1.165) is 18.8 Å². The molecular formula is C9H13ClN2O. The lowest BCUT2D eigenvalue weighted by atomic mass is 10.3. The van der Waals surface area contributed by atoms with Crippen LogP contribution in [0.4, 0.5) is 0 Å². The topological polar surface area (TPSA) is 34.1 Å². The van der Waals surface area contributed by atoms with Crippen LogP contribution in [0.5, 0.6) is 0 Å². The molecule has 0 spiro atoms. The quantitative estimate of drug-likeness (QED) is 0.731. The second kappa shape index (κ2) is 5.91. The summed E-state index contributed by atoms with van der Waals surface area (Å²) < 4.78 is 4.89. The van der Waals surface area contributed by atoms with E-state index in [4.69, 9.17) is 16.3 Å². The van der Waals surface area contributed by atoms with Gasteiger partial charge in [-0.05, 0) is 12.1 Å². The number of pyridine rings is 1. The number of rotatable bonds is 5. The van der Waals surface area contributed by atoms with Crippen molar-refractivity contribution in [2.75, 3.05) is 20.3 Å². The number of methoxy groups -OCH3 is 1. The smallest absolute Gasteiger partial charge is 0.0589 e. The van der Waals surface area contributed by atoms with Crippen LogP contribution in [-0.2, 0) is 11.3 Å². The van der Waals surface area contributed by atoms with Gasteiger partial charge in [0.25, 0.3) is 0 Å². The summed E-state index contributed by atoms with van der Waals surface area (Å²) in [5, 5.41) is 3.86. The Bertz CT molecular complexity index is 238. The van der Waals surface area contributed by atoms with E-state index in [1.54, 1.807) is 13.3 Å². The van der Waals surface area contributed by atoms with Gasteiger partial charge in [0.05, 0.1) is 17.3 Å². The number of ether oxygens (including phenoxy) is 1. The molecule has 0 bridgehead atoms. The fourth-order valence-corrected chi connectivity index (χ4v) is 1.01. The number of aromatic nitrogens is 1. The average molecular weight is 201 g/mol. The Morgan fingerprint density at radius 1 is 1.54 bits per heavy atom. The predicted octanol–water partition coefficient (Wildman–Crippen LogP) is 1.47. The largest absolute Gasteiger partial charge is 0.383 e. The minimum Gasteiger partial charge on any atom is -0.383 e. The van der Waals surface area contributed by atoms with Crippen molar-refractivity contribution in [1.29, 1.82) is 0 Å². The molecule has 13 heavy (non-hydrogen) atoms. The normalized spacial score (nSPS) is 10.3. The monoisotopic (exact) mass is 200 g/mol. The van der Waals surface area contributed by atoms with Gasteiger partial charge >= 0.3 is 0 Å². The minimum atomic E-state index is 0.667. The molecule has 0 saturated heterocycles. The molecule has 0 aliphatic carbocycles. The van der Waals surface area contributed by atoms with Gasteiger partial charge in [-0.25, -0.2) is 0 Å². The molecule has 0 fully saturated rings. The van der Waals surface area contributed by atoms with E-state index in [1.807, 2.05) is 12.1 Å². The minimum absolute atomic E-state index is 0.667. The van der Waals surface area contributed by atoms with Crippen LogP contribution in [0.25, 0.3) is 0 Å². The highest BCUT2D eigenvalue weighted by molar-refractivity contribution is 6.30. The number of nitrogens with one attached hydrogen (secondary N) is 1. The first-order valence-corrected chi connectivity index (χ1v) is 4.51. The van der Waals surface area contributed by atoms with Crippen molar-refractivity contribution in [2.24, 2.45) is 0 Å². The van der Waals surface area contributed by atoms with Gasteiger partial charge in [0.2, 0.25) is 0 Å². The highest BCUT2D eigenvalue weighted by atomic mass is 35.5. The first-order valence-electron chi connectivity index (χ1n) is 4.13. The molecule has 1 rings (SSSR count). The number of nitrogens with zero attached hydrogens (tertiary/aromatic N) is 1. The third kappa shape index (κ3) is 4.22. The highest BCUT2D eigenvalue weighted by Gasteiger charge is 1.93. The number of halogens is 1. The zero-order chi connectivity index (χ0) is 9.52. The molecule has 0 amide bonds. The molecule has 0 radical (unpaired) electrons. The zero-order valence-corrected chi connectivity index (χ0v) is 8.34. The summed E-state index contributed by atoms with van der Waals surface area (Å²) in [4.78, 5) is 4.14. The highest BCUT2D eigenvalue weighted by Crippen LogP contribution is 2.05. The summed E-state index contributed by atoms with van der Waals surface area (Å²) in [6.45, 7) is 2.30. The molecule has 0 saturated carbocycles. The Labute approximate surface area is 83.1 Å². The molecule has 3 nitrogen and oxygen atoms in total. The molecule has 0 atom stereocenters. The zero-order valence-electron chi connectivity index (χ0n) is 7.59. The third-order valence-corrected chi connectivity index (χ3v) is 1.80. The van der Waals surface area contributed by atoms with E-state index in [2.05, 4.69) is 10.3 Å². The van der Waals surface area contributed by atoms with E-state index in [-0.39, 0.29) is 0 Å². The second-order valence-corrected chi connectivity index (χ2v) is 3.07.